The Bertz CT molecular complexity index is 589. The van der Waals surface area contributed by atoms with Crippen LogP contribution in [0.4, 0.5) is 4.39 Å². The van der Waals surface area contributed by atoms with Crippen LogP contribution in [0.1, 0.15) is 31.1 Å². The van der Waals surface area contributed by atoms with E-state index >= 15 is 0 Å². The second kappa shape index (κ2) is 6.81. The monoisotopic (exact) mass is 291 g/mol. The minimum absolute atomic E-state index is 0.0861. The molecular formula is C15H18FN3S. The molecule has 0 bridgehead atoms. The largest absolute Gasteiger partial charge is 0.310 e. The van der Waals surface area contributed by atoms with E-state index in [1.165, 1.54) is 17.8 Å². The van der Waals surface area contributed by atoms with Gasteiger partial charge in [0.05, 0.1) is 0 Å². The fourth-order valence-electron chi connectivity index (χ4n) is 1.94. The number of halogens is 1. The maximum Gasteiger partial charge on any atom is 0.192 e. The fraction of sp³-hybridized carbons (Fsp3) is 0.333. The highest BCUT2D eigenvalue weighted by molar-refractivity contribution is 7.99. The van der Waals surface area contributed by atoms with Gasteiger partial charge in [0, 0.05) is 22.8 Å². The molecule has 0 amide bonds. The van der Waals surface area contributed by atoms with Crippen molar-refractivity contribution in [1.82, 2.24) is 15.3 Å². The summed E-state index contributed by atoms with van der Waals surface area (Å²) in [4.78, 5) is 9.59. The van der Waals surface area contributed by atoms with E-state index in [1.54, 1.807) is 18.3 Å². The number of hydrogen-bond donors (Lipinski definition) is 1. The first-order valence-corrected chi connectivity index (χ1v) is 7.42. The lowest BCUT2D eigenvalue weighted by Crippen LogP contribution is -2.18. The van der Waals surface area contributed by atoms with Crippen LogP contribution in [0.2, 0.25) is 0 Å². The normalized spacial score (nSPS) is 12.4. The summed E-state index contributed by atoms with van der Waals surface area (Å²) in [6.07, 6.45) is 1.74. The van der Waals surface area contributed by atoms with E-state index < -0.39 is 0 Å². The molecule has 5 heteroatoms. The van der Waals surface area contributed by atoms with Crippen LogP contribution in [0, 0.1) is 12.7 Å². The molecule has 0 saturated carbocycles. The lowest BCUT2D eigenvalue weighted by atomic mass is 10.1. The van der Waals surface area contributed by atoms with Crippen molar-refractivity contribution < 1.29 is 4.39 Å². The average Bonchev–Trinajstić information content (AvgIpc) is 2.41. The number of hydrogen-bond acceptors (Lipinski definition) is 4. The van der Waals surface area contributed by atoms with E-state index in [2.05, 4.69) is 15.3 Å². The Morgan fingerprint density at radius 2 is 2.15 bits per heavy atom. The van der Waals surface area contributed by atoms with Crippen LogP contribution in [0.15, 0.2) is 40.5 Å². The van der Waals surface area contributed by atoms with Crippen molar-refractivity contribution in [2.45, 2.75) is 36.9 Å². The predicted molar refractivity (Wildman–Crippen MR) is 79.4 cm³/mol. The Morgan fingerprint density at radius 1 is 1.35 bits per heavy atom. The van der Waals surface area contributed by atoms with Crippen LogP contribution < -0.4 is 5.32 Å². The molecule has 0 aliphatic heterocycles. The van der Waals surface area contributed by atoms with Crippen molar-refractivity contribution in [3.63, 3.8) is 0 Å². The lowest BCUT2D eigenvalue weighted by Gasteiger charge is -2.16. The van der Waals surface area contributed by atoms with Gasteiger partial charge in [-0.2, -0.15) is 0 Å². The summed E-state index contributed by atoms with van der Waals surface area (Å²) in [5, 5.41) is 3.99. The highest BCUT2D eigenvalue weighted by Gasteiger charge is 2.13. The van der Waals surface area contributed by atoms with Crippen LogP contribution >= 0.6 is 11.8 Å². The molecule has 0 aliphatic carbocycles. The Labute approximate surface area is 123 Å². The number of aromatic nitrogens is 2. The van der Waals surface area contributed by atoms with Crippen LogP contribution in [-0.2, 0) is 0 Å². The van der Waals surface area contributed by atoms with Crippen molar-refractivity contribution >= 4 is 11.8 Å². The second-order valence-electron chi connectivity index (χ2n) is 4.54. The number of nitrogens with zero attached hydrogens (tertiary/aromatic N) is 2. The van der Waals surface area contributed by atoms with Gasteiger partial charge in [-0.3, -0.25) is 0 Å². The molecule has 2 rings (SSSR count). The molecule has 3 nitrogen and oxygen atoms in total. The van der Waals surface area contributed by atoms with Gasteiger partial charge < -0.3 is 5.32 Å². The van der Waals surface area contributed by atoms with Gasteiger partial charge in [0.15, 0.2) is 5.16 Å². The molecule has 1 unspecified atom stereocenters. The third-order valence-corrected chi connectivity index (χ3v) is 3.89. The molecule has 106 valence electrons. The molecule has 0 aliphatic rings. The average molecular weight is 291 g/mol. The molecule has 1 atom stereocenters. The molecule has 1 aromatic heterocycles. The Morgan fingerprint density at radius 3 is 2.85 bits per heavy atom. The third kappa shape index (κ3) is 3.77. The summed E-state index contributed by atoms with van der Waals surface area (Å²) >= 11 is 1.46. The Kier molecular flexibility index (Phi) is 5.09. The summed E-state index contributed by atoms with van der Waals surface area (Å²) in [5.41, 5.74) is 1.85. The quantitative estimate of drug-likeness (QED) is 0.852. The van der Waals surface area contributed by atoms with E-state index in [-0.39, 0.29) is 11.9 Å². The zero-order chi connectivity index (χ0) is 14.5. The van der Waals surface area contributed by atoms with Crippen molar-refractivity contribution in [3.8, 4) is 0 Å². The van der Waals surface area contributed by atoms with Gasteiger partial charge >= 0.3 is 0 Å². The SMILES string of the molecule is CCNC(C)c1cc(F)ccc1Sc1nccc(C)n1. The Hall–Kier alpha value is -1.46. The molecule has 1 aromatic carbocycles. The van der Waals surface area contributed by atoms with Gasteiger partial charge in [0.1, 0.15) is 5.82 Å². The summed E-state index contributed by atoms with van der Waals surface area (Å²) < 4.78 is 13.5. The van der Waals surface area contributed by atoms with Crippen LogP contribution in [0.25, 0.3) is 0 Å². The molecule has 2 aromatic rings. The van der Waals surface area contributed by atoms with E-state index in [1.807, 2.05) is 26.8 Å². The molecule has 1 N–H and O–H groups in total. The fourth-order valence-corrected chi connectivity index (χ4v) is 2.93. The molecular weight excluding hydrogens is 273 g/mol. The summed E-state index contributed by atoms with van der Waals surface area (Å²) in [7, 11) is 0. The maximum absolute atomic E-state index is 13.5. The number of benzene rings is 1. The minimum Gasteiger partial charge on any atom is -0.310 e. The highest BCUT2D eigenvalue weighted by atomic mass is 32.2. The van der Waals surface area contributed by atoms with Crippen LogP contribution in [-0.4, -0.2) is 16.5 Å². The van der Waals surface area contributed by atoms with Crippen molar-refractivity contribution in [2.75, 3.05) is 6.54 Å². The van der Waals surface area contributed by atoms with E-state index in [4.69, 9.17) is 0 Å². The van der Waals surface area contributed by atoms with Crippen molar-refractivity contribution in [1.29, 1.82) is 0 Å². The smallest absolute Gasteiger partial charge is 0.192 e. The van der Waals surface area contributed by atoms with E-state index in [0.717, 1.165) is 22.7 Å². The zero-order valence-electron chi connectivity index (χ0n) is 11.9. The zero-order valence-corrected chi connectivity index (χ0v) is 12.7. The standard InChI is InChI=1S/C15H18FN3S/c1-4-17-11(3)13-9-12(16)5-6-14(13)20-15-18-8-7-10(2)19-15/h5-9,11,17H,4H2,1-3H3. The van der Waals surface area contributed by atoms with Crippen molar-refractivity contribution in [3.05, 3.63) is 47.5 Å². The van der Waals surface area contributed by atoms with E-state index in [9.17, 15) is 4.39 Å². The Balaban J connectivity index is 2.31. The minimum atomic E-state index is -0.223. The number of rotatable bonds is 5. The van der Waals surface area contributed by atoms with Gasteiger partial charge in [-0.25, -0.2) is 14.4 Å². The van der Waals surface area contributed by atoms with Gasteiger partial charge in [0.2, 0.25) is 0 Å². The number of aryl methyl sites for hydroxylation is 1. The first-order chi connectivity index (χ1) is 9.60. The molecule has 20 heavy (non-hydrogen) atoms. The first-order valence-electron chi connectivity index (χ1n) is 6.60. The number of nitrogens with one attached hydrogen (secondary N) is 1. The summed E-state index contributed by atoms with van der Waals surface area (Å²) in [5.74, 6) is -0.223. The summed E-state index contributed by atoms with van der Waals surface area (Å²) in [6, 6.07) is 6.78. The molecule has 0 saturated heterocycles. The first kappa shape index (κ1) is 14.9. The topological polar surface area (TPSA) is 37.8 Å². The molecule has 0 radical (unpaired) electrons. The molecule has 0 spiro atoms. The van der Waals surface area contributed by atoms with Gasteiger partial charge in [-0.05, 0) is 62.0 Å². The van der Waals surface area contributed by atoms with Crippen LogP contribution in [0.3, 0.4) is 0 Å². The second-order valence-corrected chi connectivity index (χ2v) is 5.55. The van der Waals surface area contributed by atoms with Gasteiger partial charge in [0.25, 0.3) is 0 Å². The third-order valence-electron chi connectivity index (χ3n) is 2.92. The molecule has 1 heterocycles. The van der Waals surface area contributed by atoms with Gasteiger partial charge in [-0.15, -0.1) is 0 Å². The predicted octanol–water partition coefficient (Wildman–Crippen LogP) is 3.75. The van der Waals surface area contributed by atoms with Crippen LogP contribution in [0.5, 0.6) is 0 Å². The van der Waals surface area contributed by atoms with Crippen molar-refractivity contribution in [2.24, 2.45) is 0 Å². The van der Waals surface area contributed by atoms with E-state index in [0.29, 0.717) is 5.16 Å². The lowest BCUT2D eigenvalue weighted by molar-refractivity contribution is 0.574. The summed E-state index contributed by atoms with van der Waals surface area (Å²) in [6.45, 7) is 6.83. The molecule has 0 fully saturated rings. The van der Waals surface area contributed by atoms with Gasteiger partial charge in [-0.1, -0.05) is 6.92 Å². The maximum atomic E-state index is 13.5. The highest BCUT2D eigenvalue weighted by Crippen LogP contribution is 2.32.